The minimum absolute atomic E-state index is 0.516. The molecule has 0 radical (unpaired) electrons. The van der Waals surface area contributed by atoms with Crippen LogP contribution in [0.3, 0.4) is 0 Å². The van der Waals surface area contributed by atoms with E-state index in [0.717, 1.165) is 0 Å². The Balaban J connectivity index is 2.36. The highest BCUT2D eigenvalue weighted by Crippen LogP contribution is 2.40. The summed E-state index contributed by atoms with van der Waals surface area (Å²) in [6.07, 6.45) is 6.57. The molecule has 1 heterocycles. The maximum atomic E-state index is 3.75. The fraction of sp³-hybridized carbons (Fsp3) is 0.636. The van der Waals surface area contributed by atoms with Gasteiger partial charge in [-0.25, -0.2) is 0 Å². The number of unbranched alkanes of at least 4 members (excludes halogenated alkanes) is 3. The summed E-state index contributed by atoms with van der Waals surface area (Å²) in [5, 5.41) is 0. The topological polar surface area (TPSA) is 0 Å². The highest BCUT2D eigenvalue weighted by Gasteiger charge is 2.12. The summed E-state index contributed by atoms with van der Waals surface area (Å²) in [5.41, 5.74) is 0. The molecule has 1 aromatic rings. The lowest BCUT2D eigenvalue weighted by Gasteiger charge is -2.06. The van der Waals surface area contributed by atoms with Gasteiger partial charge in [-0.1, -0.05) is 48.5 Å². The van der Waals surface area contributed by atoms with E-state index in [1.165, 1.54) is 45.2 Å². The molecule has 0 saturated heterocycles. The van der Waals surface area contributed by atoms with Gasteiger partial charge >= 0.3 is 0 Å². The summed E-state index contributed by atoms with van der Waals surface area (Å²) in [6.45, 7) is 2.25. The maximum Gasteiger partial charge on any atom is 0.0843 e. The lowest BCUT2D eigenvalue weighted by Crippen LogP contribution is -1.86. The van der Waals surface area contributed by atoms with Crippen molar-refractivity contribution in [2.75, 3.05) is 0 Å². The Hall–Kier alpha value is 1.14. The number of hydrogen-bond donors (Lipinski definition) is 0. The molecule has 0 aliphatic rings. The summed E-state index contributed by atoms with van der Waals surface area (Å²) >= 11 is 12.6. The van der Waals surface area contributed by atoms with Crippen molar-refractivity contribution in [3.8, 4) is 0 Å². The third kappa shape index (κ3) is 4.88. The van der Waals surface area contributed by atoms with Crippen LogP contribution in [0.15, 0.2) is 14.3 Å². The molecule has 1 unspecified atom stereocenters. The van der Waals surface area contributed by atoms with E-state index in [1.807, 2.05) is 11.3 Å². The lowest BCUT2D eigenvalue weighted by molar-refractivity contribution is 0.632. The predicted molar refractivity (Wildman–Crippen MR) is 80.1 cm³/mol. The van der Waals surface area contributed by atoms with Gasteiger partial charge in [0.1, 0.15) is 0 Å². The van der Waals surface area contributed by atoms with Gasteiger partial charge in [0.15, 0.2) is 0 Å². The molecule has 4 heteroatoms. The molecule has 0 spiro atoms. The van der Waals surface area contributed by atoms with E-state index in [1.54, 1.807) is 0 Å². The summed E-state index contributed by atoms with van der Waals surface area (Å²) in [7, 11) is 0. The second-order valence-electron chi connectivity index (χ2n) is 3.59. The molecule has 0 N–H and O–H groups in total. The summed E-state index contributed by atoms with van der Waals surface area (Å²) in [6, 6.07) is 2.20. The number of rotatable bonds is 6. The molecular formula is C11H15Br3S. The van der Waals surface area contributed by atoms with Crippen LogP contribution >= 0.6 is 59.1 Å². The van der Waals surface area contributed by atoms with Crippen LogP contribution < -0.4 is 0 Å². The largest absolute Gasteiger partial charge is 0.131 e. The van der Waals surface area contributed by atoms with Gasteiger partial charge in [0.25, 0.3) is 0 Å². The molecule has 1 atom stereocenters. The molecule has 1 rings (SSSR count). The molecule has 0 fully saturated rings. The smallest absolute Gasteiger partial charge is 0.0843 e. The van der Waals surface area contributed by atoms with E-state index in [0.29, 0.717) is 4.83 Å². The molecule has 0 aromatic carbocycles. The molecule has 86 valence electrons. The second kappa shape index (κ2) is 7.46. The summed E-state index contributed by atoms with van der Waals surface area (Å²) in [4.78, 5) is 1.92. The Bertz CT molecular complexity index is 277. The van der Waals surface area contributed by atoms with Crippen LogP contribution in [0.2, 0.25) is 0 Å². The fourth-order valence-electron chi connectivity index (χ4n) is 1.41. The minimum Gasteiger partial charge on any atom is -0.131 e. The van der Waals surface area contributed by atoms with Gasteiger partial charge in [0.2, 0.25) is 0 Å². The second-order valence-corrected chi connectivity index (χ2v) is 7.95. The predicted octanol–water partition coefficient (Wildman–Crippen LogP) is 6.68. The quantitative estimate of drug-likeness (QED) is 0.357. The first-order valence-electron chi connectivity index (χ1n) is 5.24. The molecule has 15 heavy (non-hydrogen) atoms. The van der Waals surface area contributed by atoms with E-state index in [4.69, 9.17) is 0 Å². The van der Waals surface area contributed by atoms with Gasteiger partial charge in [-0.2, -0.15) is 0 Å². The lowest BCUT2D eigenvalue weighted by atomic mass is 10.1. The van der Waals surface area contributed by atoms with Crippen molar-refractivity contribution in [2.24, 2.45) is 0 Å². The monoisotopic (exact) mass is 416 g/mol. The summed E-state index contributed by atoms with van der Waals surface area (Å²) in [5.74, 6) is 0. The van der Waals surface area contributed by atoms with Crippen molar-refractivity contribution in [2.45, 2.75) is 43.9 Å². The van der Waals surface area contributed by atoms with Crippen molar-refractivity contribution in [3.05, 3.63) is 19.2 Å². The fourth-order valence-corrected chi connectivity index (χ4v) is 4.25. The Morgan fingerprint density at radius 2 is 2.00 bits per heavy atom. The van der Waals surface area contributed by atoms with Crippen LogP contribution in [-0.2, 0) is 0 Å². The average molecular weight is 419 g/mol. The third-order valence-electron chi connectivity index (χ3n) is 2.28. The van der Waals surface area contributed by atoms with E-state index in [2.05, 4.69) is 60.8 Å². The van der Waals surface area contributed by atoms with E-state index in [9.17, 15) is 0 Å². The molecule has 0 aliphatic heterocycles. The van der Waals surface area contributed by atoms with Crippen LogP contribution in [0.5, 0.6) is 0 Å². The number of hydrogen-bond acceptors (Lipinski definition) is 1. The van der Waals surface area contributed by atoms with Crippen molar-refractivity contribution in [1.82, 2.24) is 0 Å². The Kier molecular flexibility index (Phi) is 7.07. The van der Waals surface area contributed by atoms with Crippen molar-refractivity contribution < 1.29 is 0 Å². The van der Waals surface area contributed by atoms with Gasteiger partial charge in [-0.05, 0) is 44.3 Å². The Morgan fingerprint density at radius 1 is 1.27 bits per heavy atom. The SMILES string of the molecule is CCCCCCC(Br)c1cc(Br)c(Br)s1. The van der Waals surface area contributed by atoms with Crippen LogP contribution in [0.1, 0.15) is 48.7 Å². The molecule has 0 nitrogen and oxygen atoms in total. The molecular weight excluding hydrogens is 404 g/mol. The van der Waals surface area contributed by atoms with E-state index < -0.39 is 0 Å². The first-order chi connectivity index (χ1) is 7.15. The van der Waals surface area contributed by atoms with Crippen molar-refractivity contribution >= 4 is 59.1 Å². The molecule has 0 saturated carbocycles. The van der Waals surface area contributed by atoms with Crippen LogP contribution in [0, 0.1) is 0 Å². The highest BCUT2D eigenvalue weighted by atomic mass is 79.9. The number of halogens is 3. The van der Waals surface area contributed by atoms with Crippen molar-refractivity contribution in [3.63, 3.8) is 0 Å². The van der Waals surface area contributed by atoms with E-state index in [-0.39, 0.29) is 0 Å². The molecule has 0 amide bonds. The van der Waals surface area contributed by atoms with Gasteiger partial charge in [-0.15, -0.1) is 11.3 Å². The number of thiophene rings is 1. The molecule has 0 bridgehead atoms. The van der Waals surface area contributed by atoms with Gasteiger partial charge in [0.05, 0.1) is 3.79 Å². The zero-order chi connectivity index (χ0) is 11.3. The molecule has 0 aliphatic carbocycles. The van der Waals surface area contributed by atoms with Gasteiger partial charge < -0.3 is 0 Å². The zero-order valence-corrected chi connectivity index (χ0v) is 14.3. The van der Waals surface area contributed by atoms with Crippen LogP contribution in [-0.4, -0.2) is 0 Å². The van der Waals surface area contributed by atoms with Gasteiger partial charge in [-0.3, -0.25) is 0 Å². The highest BCUT2D eigenvalue weighted by molar-refractivity contribution is 9.13. The summed E-state index contributed by atoms with van der Waals surface area (Å²) < 4.78 is 2.36. The zero-order valence-electron chi connectivity index (χ0n) is 8.73. The normalized spacial score (nSPS) is 13.1. The standard InChI is InChI=1S/C11H15Br3S/c1-2-3-4-5-6-8(12)10-7-9(13)11(14)15-10/h7-8H,2-6H2,1H3. The van der Waals surface area contributed by atoms with E-state index >= 15 is 0 Å². The molecule has 1 aromatic heterocycles. The maximum absolute atomic E-state index is 3.75. The minimum atomic E-state index is 0.516. The van der Waals surface area contributed by atoms with Crippen LogP contribution in [0.25, 0.3) is 0 Å². The average Bonchev–Trinajstić information content (AvgIpc) is 2.54. The first-order valence-corrected chi connectivity index (χ1v) is 8.55. The Labute approximate surface area is 121 Å². The number of alkyl halides is 1. The third-order valence-corrected chi connectivity index (χ3v) is 6.91. The van der Waals surface area contributed by atoms with Gasteiger partial charge in [0, 0.05) is 14.2 Å². The Morgan fingerprint density at radius 3 is 2.53 bits per heavy atom. The van der Waals surface area contributed by atoms with Crippen molar-refractivity contribution in [1.29, 1.82) is 0 Å². The first kappa shape index (κ1) is 14.2. The van der Waals surface area contributed by atoms with Crippen LogP contribution in [0.4, 0.5) is 0 Å².